The molecular weight excluding hydrogens is 382 g/mol. The predicted octanol–water partition coefficient (Wildman–Crippen LogP) is 4.66. The van der Waals surface area contributed by atoms with E-state index >= 15 is 0 Å². The number of carbonyl (C=O) groups is 1. The van der Waals surface area contributed by atoms with Gasteiger partial charge in [0.05, 0.1) is 5.69 Å². The zero-order valence-corrected chi connectivity index (χ0v) is 13.9. The first-order chi connectivity index (χ1) is 12.4. The fourth-order valence-electron chi connectivity index (χ4n) is 2.41. The lowest BCUT2D eigenvalue weighted by atomic mass is 10.0. The van der Waals surface area contributed by atoms with E-state index in [-0.39, 0.29) is 29.1 Å². The van der Waals surface area contributed by atoms with Gasteiger partial charge in [-0.25, -0.2) is 4.79 Å². The molecule has 0 bridgehead atoms. The Morgan fingerprint density at radius 3 is 2.37 bits per heavy atom. The summed E-state index contributed by atoms with van der Waals surface area (Å²) in [6.07, 6.45) is -11.3. The van der Waals surface area contributed by atoms with Crippen LogP contribution in [-0.2, 0) is 13.0 Å². The SMILES string of the molecule is CCn1nc(C(=O)O)cc1-c1ccc(CCC(F)(F)F)cc1OC(F)(F)F. The van der Waals surface area contributed by atoms with Crippen LogP contribution < -0.4 is 4.74 Å². The maximum atomic E-state index is 12.7. The lowest BCUT2D eigenvalue weighted by Crippen LogP contribution is -2.18. The van der Waals surface area contributed by atoms with Crippen molar-refractivity contribution in [3.8, 4) is 17.0 Å². The summed E-state index contributed by atoms with van der Waals surface area (Å²) >= 11 is 0. The molecule has 0 fully saturated rings. The van der Waals surface area contributed by atoms with E-state index in [4.69, 9.17) is 5.11 Å². The van der Waals surface area contributed by atoms with Crippen LogP contribution in [0.15, 0.2) is 24.3 Å². The van der Waals surface area contributed by atoms with Crippen LogP contribution in [-0.4, -0.2) is 33.4 Å². The monoisotopic (exact) mass is 396 g/mol. The number of rotatable bonds is 6. The van der Waals surface area contributed by atoms with Crippen molar-refractivity contribution in [1.82, 2.24) is 9.78 Å². The van der Waals surface area contributed by atoms with Crippen molar-refractivity contribution in [2.75, 3.05) is 0 Å². The van der Waals surface area contributed by atoms with Gasteiger partial charge in [-0.2, -0.15) is 18.3 Å². The number of aromatic nitrogens is 2. The number of hydrogen-bond acceptors (Lipinski definition) is 3. The quantitative estimate of drug-likeness (QED) is 0.722. The minimum absolute atomic E-state index is 0.00338. The number of carboxylic acids is 1. The van der Waals surface area contributed by atoms with E-state index < -0.39 is 37.1 Å². The Hall–Kier alpha value is -2.72. The highest BCUT2D eigenvalue weighted by molar-refractivity contribution is 5.87. The molecule has 1 aromatic heterocycles. The predicted molar refractivity (Wildman–Crippen MR) is 81.4 cm³/mol. The van der Waals surface area contributed by atoms with E-state index in [1.54, 1.807) is 6.92 Å². The van der Waals surface area contributed by atoms with Crippen LogP contribution in [0.2, 0.25) is 0 Å². The molecule has 1 heterocycles. The number of nitrogens with zero attached hydrogens (tertiary/aromatic N) is 2. The first-order valence-electron chi connectivity index (χ1n) is 7.66. The molecule has 1 aromatic carbocycles. The summed E-state index contributed by atoms with van der Waals surface area (Å²) in [6.45, 7) is 1.76. The number of hydrogen-bond donors (Lipinski definition) is 1. The standard InChI is InChI=1S/C16H14F6N2O3/c1-2-24-12(8-11(23-24)14(25)26)10-4-3-9(5-6-15(17,18)19)7-13(10)27-16(20,21)22/h3-4,7-8H,2,5-6H2,1H3,(H,25,26). The second-order valence-corrected chi connectivity index (χ2v) is 5.53. The zero-order chi connectivity index (χ0) is 20.4. The molecule has 0 unspecified atom stereocenters. The molecule has 148 valence electrons. The number of carboxylic acid groups (broad SMARTS) is 1. The molecular formula is C16H14F6N2O3. The van der Waals surface area contributed by atoms with Gasteiger partial charge in [0.15, 0.2) is 5.69 Å². The molecule has 0 saturated heterocycles. The molecule has 0 aliphatic rings. The van der Waals surface area contributed by atoms with E-state index in [2.05, 4.69) is 9.84 Å². The average Bonchev–Trinajstić information content (AvgIpc) is 2.95. The molecule has 1 N–H and O–H groups in total. The highest BCUT2D eigenvalue weighted by atomic mass is 19.4. The van der Waals surface area contributed by atoms with Crippen LogP contribution in [0.5, 0.6) is 5.75 Å². The van der Waals surface area contributed by atoms with Gasteiger partial charge in [-0.15, -0.1) is 13.2 Å². The lowest BCUT2D eigenvalue weighted by molar-refractivity contribution is -0.274. The molecule has 0 aliphatic heterocycles. The van der Waals surface area contributed by atoms with Crippen molar-refractivity contribution in [3.05, 3.63) is 35.5 Å². The van der Waals surface area contributed by atoms with Crippen LogP contribution in [0, 0.1) is 0 Å². The van der Waals surface area contributed by atoms with Crippen LogP contribution >= 0.6 is 0 Å². The molecule has 2 aromatic rings. The van der Waals surface area contributed by atoms with Crippen molar-refractivity contribution < 1.29 is 41.0 Å². The van der Waals surface area contributed by atoms with Gasteiger partial charge in [-0.1, -0.05) is 6.07 Å². The molecule has 27 heavy (non-hydrogen) atoms. The second kappa shape index (κ2) is 7.49. The van der Waals surface area contributed by atoms with E-state index in [0.29, 0.717) is 0 Å². The molecule has 0 spiro atoms. The summed E-state index contributed by atoms with van der Waals surface area (Å²) in [5.74, 6) is -2.10. The number of halogens is 6. The molecule has 0 aliphatic carbocycles. The maximum Gasteiger partial charge on any atom is 0.573 e. The first-order valence-corrected chi connectivity index (χ1v) is 7.66. The Bertz CT molecular complexity index is 827. The third-order valence-corrected chi connectivity index (χ3v) is 3.54. The number of benzene rings is 1. The Balaban J connectivity index is 2.50. The van der Waals surface area contributed by atoms with E-state index in [9.17, 15) is 31.1 Å². The van der Waals surface area contributed by atoms with Crippen molar-refractivity contribution in [2.45, 2.75) is 38.8 Å². The number of ether oxygens (including phenoxy) is 1. The Kier molecular flexibility index (Phi) is 5.71. The first kappa shape index (κ1) is 20.6. The maximum absolute atomic E-state index is 12.7. The fourth-order valence-corrected chi connectivity index (χ4v) is 2.41. The summed E-state index contributed by atoms with van der Waals surface area (Å²) in [7, 11) is 0. The van der Waals surface area contributed by atoms with Gasteiger partial charge >= 0.3 is 18.5 Å². The van der Waals surface area contributed by atoms with Gasteiger partial charge in [0, 0.05) is 18.5 Å². The fraction of sp³-hybridized carbons (Fsp3) is 0.375. The number of aryl methyl sites for hydroxylation is 2. The smallest absolute Gasteiger partial charge is 0.476 e. The molecule has 2 rings (SSSR count). The van der Waals surface area contributed by atoms with E-state index in [0.717, 1.165) is 22.9 Å². The molecule has 11 heteroatoms. The molecule has 0 saturated carbocycles. The van der Waals surface area contributed by atoms with Crippen molar-refractivity contribution in [2.24, 2.45) is 0 Å². The van der Waals surface area contributed by atoms with Gasteiger partial charge in [-0.05, 0) is 37.1 Å². The van der Waals surface area contributed by atoms with Crippen molar-refractivity contribution in [3.63, 3.8) is 0 Å². The topological polar surface area (TPSA) is 64.4 Å². The number of aromatic carboxylic acids is 1. The van der Waals surface area contributed by atoms with E-state index in [1.165, 1.54) is 6.07 Å². The van der Waals surface area contributed by atoms with Crippen LogP contribution in [0.3, 0.4) is 0 Å². The second-order valence-electron chi connectivity index (χ2n) is 5.53. The minimum atomic E-state index is -5.08. The van der Waals surface area contributed by atoms with Gasteiger partial charge in [-0.3, -0.25) is 4.68 Å². The normalized spacial score (nSPS) is 12.3. The third kappa shape index (κ3) is 5.63. The van der Waals surface area contributed by atoms with Crippen molar-refractivity contribution >= 4 is 5.97 Å². The van der Waals surface area contributed by atoms with Gasteiger partial charge in [0.2, 0.25) is 0 Å². The Labute approximate surface area is 149 Å². The van der Waals surface area contributed by atoms with Crippen LogP contribution in [0.25, 0.3) is 11.3 Å². The molecule has 0 radical (unpaired) electrons. The molecule has 0 amide bonds. The Morgan fingerprint density at radius 2 is 1.85 bits per heavy atom. The summed E-state index contributed by atoms with van der Waals surface area (Å²) in [6, 6.07) is 4.32. The van der Waals surface area contributed by atoms with Crippen LogP contribution in [0.1, 0.15) is 29.4 Å². The molecule has 0 atom stereocenters. The summed E-state index contributed by atoms with van der Waals surface area (Å²) in [5.41, 5.74) is -0.483. The highest BCUT2D eigenvalue weighted by Crippen LogP contribution is 2.36. The van der Waals surface area contributed by atoms with Gasteiger partial charge in [0.25, 0.3) is 0 Å². The van der Waals surface area contributed by atoms with E-state index in [1.807, 2.05) is 0 Å². The largest absolute Gasteiger partial charge is 0.573 e. The Morgan fingerprint density at radius 1 is 1.19 bits per heavy atom. The van der Waals surface area contributed by atoms with Gasteiger partial charge < -0.3 is 9.84 Å². The lowest BCUT2D eigenvalue weighted by Gasteiger charge is -2.16. The van der Waals surface area contributed by atoms with Crippen molar-refractivity contribution in [1.29, 1.82) is 0 Å². The highest BCUT2D eigenvalue weighted by Gasteiger charge is 2.33. The average molecular weight is 396 g/mol. The number of alkyl halides is 6. The summed E-state index contributed by atoms with van der Waals surface area (Å²) in [5, 5.41) is 12.8. The molecule has 5 nitrogen and oxygen atoms in total. The summed E-state index contributed by atoms with van der Waals surface area (Å²) in [4.78, 5) is 11.1. The van der Waals surface area contributed by atoms with Crippen LogP contribution in [0.4, 0.5) is 26.3 Å². The minimum Gasteiger partial charge on any atom is -0.476 e. The van der Waals surface area contributed by atoms with Gasteiger partial charge in [0.1, 0.15) is 5.75 Å². The third-order valence-electron chi connectivity index (χ3n) is 3.54. The summed E-state index contributed by atoms with van der Waals surface area (Å²) < 4.78 is 80.4. The zero-order valence-electron chi connectivity index (χ0n) is 13.9.